The fourth-order valence-corrected chi connectivity index (χ4v) is 7.95. The van der Waals surface area contributed by atoms with E-state index >= 15 is 0 Å². The Labute approximate surface area is 451 Å². The molecule has 0 aromatic heterocycles. The van der Waals surface area contributed by atoms with Crippen molar-refractivity contribution in [1.29, 1.82) is 0 Å². The molecule has 0 radical (unpaired) electrons. The van der Waals surface area contributed by atoms with E-state index < -0.39 is 94.8 Å². The van der Waals surface area contributed by atoms with Crippen LogP contribution in [0.4, 0.5) is 9.59 Å². The molecule has 6 atom stereocenters. The Kier molecular flexibility index (Phi) is 27.2. The third-order valence-corrected chi connectivity index (χ3v) is 12.5. The van der Waals surface area contributed by atoms with Gasteiger partial charge in [-0.15, -0.1) is 0 Å². The van der Waals surface area contributed by atoms with Crippen molar-refractivity contribution in [2.45, 2.75) is 131 Å². The molecule has 22 nitrogen and oxygen atoms in total. The number of urea groups is 2. The Hall–Kier alpha value is -7.52. The Morgan fingerprint density at radius 3 is 1.13 bits per heavy atom. The minimum absolute atomic E-state index is 0.0327. The van der Waals surface area contributed by atoms with Crippen LogP contribution in [0.2, 0.25) is 2.82 Å². The van der Waals surface area contributed by atoms with E-state index in [-0.39, 0.29) is 115 Å². The van der Waals surface area contributed by atoms with Gasteiger partial charge in [-0.2, -0.15) is 0 Å². The summed E-state index contributed by atoms with van der Waals surface area (Å²) in [4.78, 5) is 148. The number of nitrogens with one attached hydrogen (secondary N) is 6. The van der Waals surface area contributed by atoms with Crippen molar-refractivity contribution >= 4 is 70.6 Å². The minimum Gasteiger partial charge on any atom is -0.369 e. The van der Waals surface area contributed by atoms with Gasteiger partial charge in [0.2, 0.25) is 35.4 Å². The fourth-order valence-electron chi connectivity index (χ4n) is 7.95. The Morgan fingerprint density at radius 2 is 0.842 bits per heavy atom. The van der Waals surface area contributed by atoms with Gasteiger partial charge in [-0.1, -0.05) is 87.4 Å². The predicted octanol–water partition coefficient (Wildman–Crippen LogP) is 2.72. The summed E-state index contributed by atoms with van der Waals surface area (Å²) >= 11 is 0. The van der Waals surface area contributed by atoms with Gasteiger partial charge < -0.3 is 54.8 Å². The lowest BCUT2D eigenvalue weighted by molar-refractivity contribution is -0.132. The number of carbonyl (C=O) groups excluding carboxylic acids is 12. The zero-order chi connectivity index (χ0) is 60.5. The summed E-state index contributed by atoms with van der Waals surface area (Å²) in [5.41, 5.74) is 16.5. The quantitative estimate of drug-likeness (QED) is 0.0357. The highest BCUT2D eigenvalue weighted by Crippen LogP contribution is 2.21. The van der Waals surface area contributed by atoms with Gasteiger partial charge in [-0.25, -0.2) is 9.59 Å². The van der Waals surface area contributed by atoms with E-state index in [9.17, 15) is 57.5 Å². The van der Waals surface area contributed by atoms with Gasteiger partial charge in [0, 0.05) is 103 Å². The van der Waals surface area contributed by atoms with Gasteiger partial charge in [0.15, 0.2) is 26.0 Å². The molecule has 2 rings (SSSR count). The molecule has 2 aromatic carbocycles. The van der Waals surface area contributed by atoms with Crippen molar-refractivity contribution in [3.8, 4) is 0 Å². The molecular formula is C54H82N10O12. The second kappa shape index (κ2) is 34.9. The zero-order valence-electron chi connectivity index (χ0n) is 48.6. The molecule has 0 heterocycles. The summed E-state index contributed by atoms with van der Waals surface area (Å²) in [5.74, 6) is -8.55. The third-order valence-electron chi connectivity index (χ3n) is 12.5. The molecule has 2 aromatic rings. The molecule has 10 amide bonds. The lowest BCUT2D eigenvalue weighted by Gasteiger charge is -2.23. The maximum Gasteiger partial charge on any atom is 0.312 e. The topological polar surface area (TPSA) is 381 Å². The van der Waals surface area contributed by atoms with E-state index in [2.05, 4.69) is 31.9 Å². The van der Waals surface area contributed by atoms with E-state index in [1.807, 2.05) is 13.8 Å². The smallest absolute Gasteiger partial charge is 0.312 e. The number of aryl methyl sites for hydroxylation is 2. The minimum atomic E-state index is -0.910. The summed E-state index contributed by atoms with van der Waals surface area (Å²) in [7, 11) is -0.730. The predicted molar refractivity (Wildman–Crippen MR) is 286 cm³/mol. The molecule has 420 valence electrons. The molecule has 0 fully saturated rings. The van der Waals surface area contributed by atoms with Crippen LogP contribution in [0.15, 0.2) is 48.5 Å². The van der Waals surface area contributed by atoms with E-state index in [4.69, 9.17) is 17.0 Å². The molecule has 0 unspecified atom stereocenters. The first kappa shape index (κ1) is 59.4. The Bertz CT molecular complexity index is 2230. The van der Waals surface area contributed by atoms with Crippen LogP contribution in [0.1, 0.15) is 139 Å². The van der Waals surface area contributed by atoms with Crippen molar-refractivity contribution in [1.82, 2.24) is 31.9 Å². The van der Waals surface area contributed by atoms with Crippen LogP contribution in [0, 0.1) is 49.4 Å². The molecule has 0 saturated carbocycles. The van der Waals surface area contributed by atoms with Crippen LogP contribution >= 0.6 is 0 Å². The van der Waals surface area contributed by atoms with Gasteiger partial charge in [-0.3, -0.25) is 47.9 Å². The first-order valence-corrected chi connectivity index (χ1v) is 25.3. The first-order chi connectivity index (χ1) is 37.8. The number of hydrogen-bond acceptors (Lipinski definition) is 12. The third kappa shape index (κ3) is 26.1. The van der Waals surface area contributed by atoms with E-state index in [1.165, 1.54) is 0 Å². The Balaban J connectivity index is 0.000000800. The highest BCUT2D eigenvalue weighted by atomic mass is 16.2. The van der Waals surface area contributed by atoms with Gasteiger partial charge >= 0.3 is 12.1 Å². The van der Waals surface area contributed by atoms with E-state index in [1.54, 1.807) is 87.7 Å². The maximum atomic E-state index is 13.1. The summed E-state index contributed by atoms with van der Waals surface area (Å²) < 4.78 is 28.9. The number of amides is 10. The number of primary amides is 4. The summed E-state index contributed by atoms with van der Waals surface area (Å²) in [6.45, 7) is 11.2. The number of Topliss-reactive ketones (excluding diaryl/α,β-unsaturated/α-hetero) is 4. The van der Waals surface area contributed by atoms with Crippen LogP contribution in [-0.4, -0.2) is 110 Å². The number of rotatable bonds is 34. The average Bonchev–Trinajstić information content (AvgIpc) is 3.40. The van der Waals surface area contributed by atoms with Gasteiger partial charge in [0.25, 0.3) is 0 Å². The largest absolute Gasteiger partial charge is 0.369 e. The van der Waals surface area contributed by atoms with E-state index in [0.29, 0.717) is 24.0 Å². The molecule has 0 spiro atoms. The molecule has 0 saturated heterocycles. The summed E-state index contributed by atoms with van der Waals surface area (Å²) in [5, 5.41) is 14.9. The molecule has 76 heavy (non-hydrogen) atoms. The van der Waals surface area contributed by atoms with Crippen LogP contribution in [-0.2, 0) is 38.4 Å². The van der Waals surface area contributed by atoms with Crippen molar-refractivity contribution in [2.75, 3.05) is 27.1 Å². The molecule has 0 bridgehead atoms. The molecule has 0 aliphatic heterocycles. The van der Waals surface area contributed by atoms with Crippen molar-refractivity contribution < 1.29 is 63.1 Å². The van der Waals surface area contributed by atoms with Gasteiger partial charge in [0.05, 0.1) is 12.1 Å². The number of ketones is 4. The average molecular weight is 1070 g/mol. The second-order valence-electron chi connectivity index (χ2n) is 19.4. The van der Waals surface area contributed by atoms with Crippen molar-refractivity contribution in [3.05, 3.63) is 70.8 Å². The molecular weight excluding hydrogens is 981 g/mol. The lowest BCUT2D eigenvalue weighted by Crippen LogP contribution is -2.46. The summed E-state index contributed by atoms with van der Waals surface area (Å²) in [6, 6.07) is 10.6. The van der Waals surface area contributed by atoms with Gasteiger partial charge in [0.1, 0.15) is 0 Å². The van der Waals surface area contributed by atoms with Crippen LogP contribution in [0.25, 0.3) is 0 Å². The van der Waals surface area contributed by atoms with Crippen molar-refractivity contribution in [2.24, 2.45) is 58.4 Å². The maximum absolute atomic E-state index is 13.1. The molecule has 14 N–H and O–H groups in total. The second-order valence-corrected chi connectivity index (χ2v) is 19.4. The van der Waals surface area contributed by atoms with Gasteiger partial charge in [-0.05, 0) is 64.2 Å². The summed E-state index contributed by atoms with van der Waals surface area (Å²) in [6.07, 6.45) is 0.240. The van der Waals surface area contributed by atoms with E-state index in [0.717, 1.165) is 11.1 Å². The number of nitrogens with two attached hydrogens (primary N) is 4. The first-order valence-electron chi connectivity index (χ1n) is 27.7. The number of benzene rings is 2. The Morgan fingerprint density at radius 1 is 0.500 bits per heavy atom. The van der Waals surface area contributed by atoms with Crippen molar-refractivity contribution in [3.63, 3.8) is 0 Å². The van der Waals surface area contributed by atoms with Crippen LogP contribution in [0.5, 0.6) is 0 Å². The standard InChI is InChI=1S/2C27H41N5O6/c2*1-16(2)24(22(34)14-19(25(28)36)6-5-13-31-27(29)38)32-23(35)12-11-20(26(37)30-4)15-21(33)18-9-7-17(3)8-10-18/h2*7-10,16,19-20,24H,5-6,11-15H2,1-4H3,(H2,28,36)(H,30,37)(H,32,35)(H3,29,31,38)/t2*19-,20-,24+/m11/s1/i2*4D/hD2. The highest BCUT2D eigenvalue weighted by molar-refractivity contribution is 6.00. The SMILES string of the molecule is [2H]CNC(=O)[C@H](CCC(=O)N[C@H](C(=O)C[C@@H](CCCNC(N)=O)C(=O)N[2H])C(C)C)CC(=O)c1ccc(C)cc1.[2H]CNC(=O)[C@H](CCC(=O)N[C@H](C(=O)C[C@@H](CCCNC(N)=O)C(=O)N[2H])C(C)C)CC(=O)c1ccc(C)cc1. The van der Waals surface area contributed by atoms with Crippen LogP contribution < -0.4 is 54.8 Å². The molecule has 22 heteroatoms. The number of carbonyl (C=O) groups is 12. The zero-order valence-corrected chi connectivity index (χ0v) is 44.6. The lowest BCUT2D eigenvalue weighted by atomic mass is 9.89. The molecule has 0 aliphatic rings. The monoisotopic (exact) mass is 1070 g/mol. The highest BCUT2D eigenvalue weighted by Gasteiger charge is 2.31. The van der Waals surface area contributed by atoms with Crippen LogP contribution in [0.3, 0.4) is 0 Å². The molecule has 0 aliphatic carbocycles. The number of hydrogen-bond donors (Lipinski definition) is 10. The normalized spacial score (nSPS) is 13.8. The fraction of sp³-hybridized carbons (Fsp3) is 0.556.